The largest absolute Gasteiger partial charge is 0.484 e. The number of aryl methyl sites for hydroxylation is 1. The van der Waals surface area contributed by atoms with Crippen molar-refractivity contribution in [2.45, 2.75) is 6.92 Å². The van der Waals surface area contributed by atoms with E-state index in [1.54, 1.807) is 11.3 Å². The Labute approximate surface area is 161 Å². The fraction of sp³-hybridized carbons (Fsp3) is 0.0909. The molecule has 134 valence electrons. The van der Waals surface area contributed by atoms with Crippen molar-refractivity contribution in [3.63, 3.8) is 0 Å². The summed E-state index contributed by atoms with van der Waals surface area (Å²) in [5.41, 5.74) is 2.82. The van der Waals surface area contributed by atoms with Crippen molar-refractivity contribution in [3.8, 4) is 16.3 Å². The Morgan fingerprint density at radius 2 is 1.81 bits per heavy atom. The molecule has 4 nitrogen and oxygen atoms in total. The molecule has 0 aliphatic rings. The van der Waals surface area contributed by atoms with E-state index < -0.39 is 0 Å². The van der Waals surface area contributed by atoms with Crippen LogP contribution in [0.4, 0.5) is 5.69 Å². The van der Waals surface area contributed by atoms with Crippen LogP contribution in [0.25, 0.3) is 21.3 Å². The molecule has 0 saturated carbocycles. The van der Waals surface area contributed by atoms with Gasteiger partial charge in [0.15, 0.2) is 6.61 Å². The number of ether oxygens (including phenoxy) is 1. The first-order chi connectivity index (χ1) is 13.2. The summed E-state index contributed by atoms with van der Waals surface area (Å²) in [7, 11) is 0. The maximum absolute atomic E-state index is 12.2. The van der Waals surface area contributed by atoms with Crippen molar-refractivity contribution in [1.82, 2.24) is 4.98 Å². The molecule has 4 rings (SSSR count). The number of amides is 1. The number of hydrogen-bond donors (Lipinski definition) is 1. The molecule has 4 aromatic rings. The second-order valence-electron chi connectivity index (χ2n) is 6.22. The predicted octanol–water partition coefficient (Wildman–Crippen LogP) is 5.29. The fourth-order valence-corrected chi connectivity index (χ4v) is 3.60. The first-order valence-electron chi connectivity index (χ1n) is 8.61. The summed E-state index contributed by atoms with van der Waals surface area (Å²) < 4.78 is 5.59. The molecule has 1 aromatic heterocycles. The third-order valence-electron chi connectivity index (χ3n) is 4.12. The minimum atomic E-state index is -0.190. The number of carbonyl (C=O) groups is 1. The van der Waals surface area contributed by atoms with E-state index >= 15 is 0 Å². The molecular weight excluding hydrogens is 356 g/mol. The van der Waals surface area contributed by atoms with Crippen LogP contribution in [0.3, 0.4) is 0 Å². The van der Waals surface area contributed by atoms with Gasteiger partial charge in [0.05, 0.1) is 0 Å². The van der Waals surface area contributed by atoms with Gasteiger partial charge in [0.25, 0.3) is 5.91 Å². The minimum absolute atomic E-state index is 0.0392. The van der Waals surface area contributed by atoms with E-state index in [0.29, 0.717) is 5.75 Å². The number of hydrogen-bond acceptors (Lipinski definition) is 4. The zero-order valence-electron chi connectivity index (χ0n) is 14.8. The summed E-state index contributed by atoms with van der Waals surface area (Å²) in [5.74, 6) is 0.464. The van der Waals surface area contributed by atoms with Crippen molar-refractivity contribution < 1.29 is 9.53 Å². The number of carbonyl (C=O) groups excluding carboxylic acids is 1. The third kappa shape index (κ3) is 4.15. The fourth-order valence-electron chi connectivity index (χ4n) is 2.79. The Hall–Kier alpha value is -3.18. The monoisotopic (exact) mass is 374 g/mol. The summed E-state index contributed by atoms with van der Waals surface area (Å²) in [4.78, 5) is 16.6. The molecule has 0 unspecified atom stereocenters. The van der Waals surface area contributed by atoms with Gasteiger partial charge >= 0.3 is 0 Å². The van der Waals surface area contributed by atoms with Gasteiger partial charge in [-0.2, -0.15) is 0 Å². The van der Waals surface area contributed by atoms with Crippen LogP contribution in [0.15, 0.2) is 72.1 Å². The number of anilines is 1. The molecular formula is C22H18N2O2S. The molecule has 1 amide bonds. The van der Waals surface area contributed by atoms with Crippen molar-refractivity contribution in [3.05, 3.63) is 77.8 Å². The van der Waals surface area contributed by atoms with E-state index in [4.69, 9.17) is 4.74 Å². The summed E-state index contributed by atoms with van der Waals surface area (Å²) in [6, 6.07) is 21.5. The molecule has 1 heterocycles. The van der Waals surface area contributed by atoms with E-state index in [0.717, 1.165) is 32.7 Å². The summed E-state index contributed by atoms with van der Waals surface area (Å²) >= 11 is 1.61. The first-order valence-corrected chi connectivity index (χ1v) is 9.49. The minimum Gasteiger partial charge on any atom is -0.484 e. The Bertz CT molecular complexity index is 1090. The summed E-state index contributed by atoms with van der Waals surface area (Å²) in [6.07, 6.45) is 0. The molecule has 0 aliphatic heterocycles. The van der Waals surface area contributed by atoms with Crippen LogP contribution >= 0.6 is 11.3 Å². The number of thiazole rings is 1. The maximum Gasteiger partial charge on any atom is 0.262 e. The molecule has 0 bridgehead atoms. The molecule has 0 aliphatic carbocycles. The van der Waals surface area contributed by atoms with Gasteiger partial charge in [-0.1, -0.05) is 30.3 Å². The zero-order chi connectivity index (χ0) is 18.6. The van der Waals surface area contributed by atoms with Crippen LogP contribution in [0.5, 0.6) is 5.75 Å². The second kappa shape index (κ2) is 7.60. The molecule has 1 N–H and O–H groups in total. The Morgan fingerprint density at radius 3 is 2.56 bits per heavy atom. The Morgan fingerprint density at radius 1 is 1.04 bits per heavy atom. The van der Waals surface area contributed by atoms with Crippen LogP contribution in [-0.2, 0) is 4.79 Å². The van der Waals surface area contributed by atoms with Crippen LogP contribution in [0.1, 0.15) is 5.69 Å². The molecule has 0 radical (unpaired) electrons. The highest BCUT2D eigenvalue weighted by atomic mass is 32.1. The highest BCUT2D eigenvalue weighted by Gasteiger charge is 2.06. The van der Waals surface area contributed by atoms with E-state index in [-0.39, 0.29) is 12.5 Å². The van der Waals surface area contributed by atoms with Crippen LogP contribution < -0.4 is 10.1 Å². The SMILES string of the molecule is Cc1csc(-c2ccc(OCC(=O)Nc3ccc4ccccc4c3)cc2)n1. The average Bonchev–Trinajstić information content (AvgIpc) is 3.13. The zero-order valence-corrected chi connectivity index (χ0v) is 15.6. The van der Waals surface area contributed by atoms with Gasteiger partial charge in [-0.3, -0.25) is 4.79 Å². The number of nitrogens with zero attached hydrogens (tertiary/aromatic N) is 1. The lowest BCUT2D eigenvalue weighted by Crippen LogP contribution is -2.20. The quantitative estimate of drug-likeness (QED) is 0.516. The van der Waals surface area contributed by atoms with E-state index in [9.17, 15) is 4.79 Å². The smallest absolute Gasteiger partial charge is 0.262 e. The second-order valence-corrected chi connectivity index (χ2v) is 7.08. The third-order valence-corrected chi connectivity index (χ3v) is 5.13. The van der Waals surface area contributed by atoms with Crippen molar-refractivity contribution in [2.75, 3.05) is 11.9 Å². The standard InChI is InChI=1S/C22H18N2O2S/c1-15-14-27-22(23-15)17-7-10-20(11-8-17)26-13-21(25)24-19-9-6-16-4-2-3-5-18(16)12-19/h2-12,14H,13H2,1H3,(H,24,25). The molecule has 0 spiro atoms. The lowest BCUT2D eigenvalue weighted by atomic mass is 10.1. The first kappa shape index (κ1) is 17.2. The molecule has 0 atom stereocenters. The summed E-state index contributed by atoms with van der Waals surface area (Å²) in [6.45, 7) is 1.94. The van der Waals surface area contributed by atoms with Crippen molar-refractivity contribution in [1.29, 1.82) is 0 Å². The van der Waals surface area contributed by atoms with Crippen LogP contribution in [0.2, 0.25) is 0 Å². The summed E-state index contributed by atoms with van der Waals surface area (Å²) in [5, 5.41) is 8.10. The Kier molecular flexibility index (Phi) is 4.85. The van der Waals surface area contributed by atoms with Gasteiger partial charge in [0.1, 0.15) is 10.8 Å². The van der Waals surface area contributed by atoms with E-state index in [1.807, 2.05) is 79.0 Å². The normalized spacial score (nSPS) is 10.7. The van der Waals surface area contributed by atoms with E-state index in [2.05, 4.69) is 10.3 Å². The number of benzene rings is 3. The van der Waals surface area contributed by atoms with Gasteiger partial charge < -0.3 is 10.1 Å². The lowest BCUT2D eigenvalue weighted by molar-refractivity contribution is -0.118. The predicted molar refractivity (Wildman–Crippen MR) is 110 cm³/mol. The van der Waals surface area contributed by atoms with E-state index in [1.165, 1.54) is 0 Å². The van der Waals surface area contributed by atoms with Gasteiger partial charge in [-0.15, -0.1) is 11.3 Å². The maximum atomic E-state index is 12.2. The van der Waals surface area contributed by atoms with Crippen LogP contribution in [0, 0.1) is 6.92 Å². The van der Waals surface area contributed by atoms with Gasteiger partial charge in [-0.25, -0.2) is 4.98 Å². The molecule has 3 aromatic carbocycles. The number of nitrogens with one attached hydrogen (secondary N) is 1. The molecule has 27 heavy (non-hydrogen) atoms. The number of fused-ring (bicyclic) bond motifs is 1. The van der Waals surface area contributed by atoms with Crippen molar-refractivity contribution >= 4 is 33.7 Å². The topological polar surface area (TPSA) is 51.2 Å². The molecule has 0 saturated heterocycles. The van der Waals surface area contributed by atoms with Crippen LogP contribution in [-0.4, -0.2) is 17.5 Å². The molecule has 5 heteroatoms. The highest BCUT2D eigenvalue weighted by molar-refractivity contribution is 7.13. The molecule has 0 fully saturated rings. The average molecular weight is 374 g/mol. The number of rotatable bonds is 5. The van der Waals surface area contributed by atoms with Gasteiger partial charge in [-0.05, 0) is 54.1 Å². The lowest BCUT2D eigenvalue weighted by Gasteiger charge is -2.09. The highest BCUT2D eigenvalue weighted by Crippen LogP contribution is 2.25. The van der Waals surface area contributed by atoms with Gasteiger partial charge in [0.2, 0.25) is 0 Å². The number of aromatic nitrogens is 1. The van der Waals surface area contributed by atoms with Gasteiger partial charge in [0, 0.05) is 22.3 Å². The Balaban J connectivity index is 1.35. The van der Waals surface area contributed by atoms with Crippen molar-refractivity contribution in [2.24, 2.45) is 0 Å².